The molecule has 5 nitrogen and oxygen atoms in total. The summed E-state index contributed by atoms with van der Waals surface area (Å²) in [7, 11) is 0. The Bertz CT molecular complexity index is 341. The van der Waals surface area contributed by atoms with Crippen molar-refractivity contribution in [1.29, 1.82) is 0 Å². The molecule has 0 aromatic rings. The molecule has 1 saturated carbocycles. The summed E-state index contributed by atoms with van der Waals surface area (Å²) in [6.45, 7) is 7.80. The lowest BCUT2D eigenvalue weighted by Crippen LogP contribution is -2.61. The van der Waals surface area contributed by atoms with E-state index < -0.39 is 5.60 Å². The molecule has 0 unspecified atom stereocenters. The highest BCUT2D eigenvalue weighted by atomic mass is 16.5. The Morgan fingerprint density at radius 2 is 1.90 bits per heavy atom. The number of carbonyl (C=O) groups excluding carboxylic acids is 1. The van der Waals surface area contributed by atoms with Gasteiger partial charge in [0.15, 0.2) is 5.60 Å². The minimum absolute atomic E-state index is 0.163. The summed E-state index contributed by atoms with van der Waals surface area (Å²) in [5.41, 5.74) is -0.659. The molecule has 114 valence electrons. The number of ether oxygens (including phenoxy) is 1. The Hall–Kier alpha value is -0.650. The van der Waals surface area contributed by atoms with E-state index in [1.54, 1.807) is 0 Å². The number of rotatable bonds is 2. The van der Waals surface area contributed by atoms with Crippen molar-refractivity contribution in [3.63, 3.8) is 0 Å². The first-order valence-electron chi connectivity index (χ1n) is 8.07. The van der Waals surface area contributed by atoms with Gasteiger partial charge in [0.2, 0.25) is 0 Å². The Morgan fingerprint density at radius 1 is 1.20 bits per heavy atom. The van der Waals surface area contributed by atoms with E-state index in [1.807, 2.05) is 11.8 Å². The predicted molar refractivity (Wildman–Crippen MR) is 77.6 cm³/mol. The van der Waals surface area contributed by atoms with Crippen molar-refractivity contribution in [1.82, 2.24) is 15.1 Å². The number of hydrogen-bond donors (Lipinski definition) is 1. The Morgan fingerprint density at radius 3 is 2.50 bits per heavy atom. The van der Waals surface area contributed by atoms with E-state index in [9.17, 15) is 4.79 Å². The van der Waals surface area contributed by atoms with Crippen LogP contribution in [0.25, 0.3) is 0 Å². The topological polar surface area (TPSA) is 44.8 Å². The third-order valence-corrected chi connectivity index (χ3v) is 5.06. The molecular formula is C15H27N3O2. The summed E-state index contributed by atoms with van der Waals surface area (Å²) in [6.07, 6.45) is 5.44. The van der Waals surface area contributed by atoms with Crippen LogP contribution < -0.4 is 5.32 Å². The van der Waals surface area contributed by atoms with E-state index in [-0.39, 0.29) is 5.91 Å². The lowest BCUT2D eigenvalue weighted by molar-refractivity contribution is -0.161. The maximum absolute atomic E-state index is 12.6. The van der Waals surface area contributed by atoms with Crippen LogP contribution in [0.2, 0.25) is 0 Å². The second-order valence-electron chi connectivity index (χ2n) is 6.52. The summed E-state index contributed by atoms with van der Waals surface area (Å²) in [6, 6.07) is 0.774. The number of hydrogen-bond acceptors (Lipinski definition) is 4. The molecule has 5 heteroatoms. The highest BCUT2D eigenvalue weighted by Gasteiger charge is 2.40. The first kappa shape index (κ1) is 14.3. The summed E-state index contributed by atoms with van der Waals surface area (Å²) < 4.78 is 5.74. The van der Waals surface area contributed by atoms with Gasteiger partial charge in [-0.05, 0) is 19.8 Å². The van der Waals surface area contributed by atoms with Crippen LogP contribution in [0.5, 0.6) is 0 Å². The van der Waals surface area contributed by atoms with Gasteiger partial charge in [0.1, 0.15) is 0 Å². The van der Waals surface area contributed by atoms with E-state index >= 15 is 0 Å². The van der Waals surface area contributed by atoms with Gasteiger partial charge in [-0.3, -0.25) is 9.69 Å². The van der Waals surface area contributed by atoms with Crippen LogP contribution in [-0.2, 0) is 9.53 Å². The van der Waals surface area contributed by atoms with Gasteiger partial charge < -0.3 is 15.0 Å². The molecule has 3 rings (SSSR count). The van der Waals surface area contributed by atoms with Crippen LogP contribution in [0, 0.1) is 0 Å². The molecular weight excluding hydrogens is 254 g/mol. The van der Waals surface area contributed by atoms with Crippen LogP contribution in [0.3, 0.4) is 0 Å². The van der Waals surface area contributed by atoms with E-state index in [0.717, 1.165) is 38.8 Å². The zero-order chi connectivity index (χ0) is 14.0. The maximum atomic E-state index is 12.6. The second-order valence-corrected chi connectivity index (χ2v) is 6.52. The lowest BCUT2D eigenvalue weighted by Gasteiger charge is -2.42. The van der Waals surface area contributed by atoms with Crippen molar-refractivity contribution in [2.45, 2.75) is 44.2 Å². The molecule has 3 fully saturated rings. The van der Waals surface area contributed by atoms with Gasteiger partial charge in [-0.15, -0.1) is 0 Å². The maximum Gasteiger partial charge on any atom is 0.255 e. The summed E-state index contributed by atoms with van der Waals surface area (Å²) in [4.78, 5) is 17.2. The van der Waals surface area contributed by atoms with E-state index in [0.29, 0.717) is 13.2 Å². The largest absolute Gasteiger partial charge is 0.363 e. The van der Waals surface area contributed by atoms with Crippen LogP contribution in [0.1, 0.15) is 32.6 Å². The van der Waals surface area contributed by atoms with Crippen LogP contribution in [0.15, 0.2) is 0 Å². The molecule has 0 radical (unpaired) electrons. The third-order valence-electron chi connectivity index (χ3n) is 5.06. The minimum atomic E-state index is -0.659. The number of amides is 1. The fraction of sp³-hybridized carbons (Fsp3) is 0.933. The van der Waals surface area contributed by atoms with Crippen molar-refractivity contribution in [3.05, 3.63) is 0 Å². The molecule has 0 aromatic heterocycles. The van der Waals surface area contributed by atoms with Gasteiger partial charge in [-0.25, -0.2) is 0 Å². The normalized spacial score (nSPS) is 33.5. The van der Waals surface area contributed by atoms with Gasteiger partial charge in [-0.2, -0.15) is 0 Å². The molecule has 20 heavy (non-hydrogen) atoms. The summed E-state index contributed by atoms with van der Waals surface area (Å²) in [5, 5.41) is 3.27. The van der Waals surface area contributed by atoms with Crippen molar-refractivity contribution < 1.29 is 9.53 Å². The van der Waals surface area contributed by atoms with Crippen LogP contribution >= 0.6 is 0 Å². The summed E-state index contributed by atoms with van der Waals surface area (Å²) in [5.74, 6) is 0.163. The smallest absolute Gasteiger partial charge is 0.255 e. The minimum Gasteiger partial charge on any atom is -0.363 e. The van der Waals surface area contributed by atoms with Crippen molar-refractivity contribution in [3.8, 4) is 0 Å². The van der Waals surface area contributed by atoms with Crippen LogP contribution in [0.4, 0.5) is 0 Å². The summed E-state index contributed by atoms with van der Waals surface area (Å²) >= 11 is 0. The molecule has 1 amide bonds. The molecule has 0 spiro atoms. The fourth-order valence-corrected chi connectivity index (χ4v) is 3.76. The average molecular weight is 281 g/mol. The molecule has 0 aromatic carbocycles. The quantitative estimate of drug-likeness (QED) is 0.798. The Balaban J connectivity index is 1.53. The first-order chi connectivity index (χ1) is 9.69. The number of carbonyl (C=O) groups is 1. The standard InChI is InChI=1S/C15H27N3O2/c1-15(12-16-6-11-20-15)14(19)18-9-7-17(8-10-18)13-4-2-3-5-13/h13,16H,2-12H2,1H3/t15-/m0/s1. The highest BCUT2D eigenvalue weighted by molar-refractivity contribution is 5.85. The number of nitrogens with one attached hydrogen (secondary N) is 1. The van der Waals surface area contributed by atoms with E-state index in [1.165, 1.54) is 25.7 Å². The SMILES string of the molecule is C[C@@]1(C(=O)N2CCN(C3CCCC3)CC2)CNCCO1. The lowest BCUT2D eigenvalue weighted by atomic mass is 10.0. The molecule has 1 N–H and O–H groups in total. The monoisotopic (exact) mass is 281 g/mol. The Labute approximate surface area is 121 Å². The molecule has 2 aliphatic heterocycles. The third kappa shape index (κ3) is 2.85. The predicted octanol–water partition coefficient (Wildman–Crippen LogP) is 0.452. The van der Waals surface area contributed by atoms with Gasteiger partial charge in [-0.1, -0.05) is 12.8 Å². The van der Waals surface area contributed by atoms with Gasteiger partial charge in [0.05, 0.1) is 6.61 Å². The second kappa shape index (κ2) is 6.00. The van der Waals surface area contributed by atoms with Gasteiger partial charge >= 0.3 is 0 Å². The highest BCUT2D eigenvalue weighted by Crippen LogP contribution is 2.25. The molecule has 1 atom stereocenters. The number of nitrogens with zero attached hydrogens (tertiary/aromatic N) is 2. The molecule has 2 saturated heterocycles. The molecule has 3 aliphatic rings. The Kier molecular flexibility index (Phi) is 4.29. The molecule has 0 bridgehead atoms. The zero-order valence-corrected chi connectivity index (χ0v) is 12.6. The fourth-order valence-electron chi connectivity index (χ4n) is 3.76. The van der Waals surface area contributed by atoms with Gasteiger partial charge in [0, 0.05) is 45.3 Å². The van der Waals surface area contributed by atoms with Gasteiger partial charge in [0.25, 0.3) is 5.91 Å². The van der Waals surface area contributed by atoms with Crippen molar-refractivity contribution >= 4 is 5.91 Å². The number of piperazine rings is 1. The number of morpholine rings is 1. The molecule has 2 heterocycles. The van der Waals surface area contributed by atoms with Crippen LogP contribution in [-0.4, -0.2) is 73.2 Å². The van der Waals surface area contributed by atoms with Crippen molar-refractivity contribution in [2.24, 2.45) is 0 Å². The zero-order valence-electron chi connectivity index (χ0n) is 12.6. The average Bonchev–Trinajstić information content (AvgIpc) is 3.02. The first-order valence-corrected chi connectivity index (χ1v) is 8.07. The molecule has 1 aliphatic carbocycles. The van der Waals surface area contributed by atoms with E-state index in [4.69, 9.17) is 4.74 Å². The van der Waals surface area contributed by atoms with Crippen molar-refractivity contribution in [2.75, 3.05) is 45.9 Å². The van der Waals surface area contributed by atoms with E-state index in [2.05, 4.69) is 10.2 Å².